The van der Waals surface area contributed by atoms with Crippen LogP contribution in [0.1, 0.15) is 41.6 Å². The number of aliphatic imine (C=N–C) groups is 1. The zero-order chi connectivity index (χ0) is 17.4. The van der Waals surface area contributed by atoms with Crippen molar-refractivity contribution in [2.75, 3.05) is 0 Å². The van der Waals surface area contributed by atoms with E-state index in [-0.39, 0.29) is 17.7 Å². The first-order chi connectivity index (χ1) is 12.1. The molecule has 2 amide bonds. The average molecular weight is 332 g/mol. The molecule has 3 aliphatic rings. The van der Waals surface area contributed by atoms with E-state index in [4.69, 9.17) is 0 Å². The van der Waals surface area contributed by atoms with Crippen LogP contribution in [0.5, 0.6) is 0 Å². The molecule has 0 bridgehead atoms. The molecule has 0 radical (unpaired) electrons. The highest BCUT2D eigenvalue weighted by molar-refractivity contribution is 6.14. The molecule has 0 fully saturated rings. The van der Waals surface area contributed by atoms with Crippen LogP contribution >= 0.6 is 0 Å². The normalized spacial score (nSPS) is 23.7. The largest absolute Gasteiger partial charge is 0.325 e. The monoisotopic (exact) mass is 332 g/mol. The fourth-order valence-electron chi connectivity index (χ4n) is 3.78. The minimum absolute atomic E-state index is 0.0110. The summed E-state index contributed by atoms with van der Waals surface area (Å²) in [5.74, 6) is -0.128. The molecule has 4 nitrogen and oxygen atoms in total. The van der Waals surface area contributed by atoms with Crippen molar-refractivity contribution < 1.29 is 9.59 Å². The molecular weight excluding hydrogens is 312 g/mol. The molecule has 1 N–H and O–H groups in total. The number of allylic oxidation sites excluding steroid dienone is 3. The smallest absolute Gasteiger partial charge is 0.277 e. The van der Waals surface area contributed by atoms with Gasteiger partial charge in [0.2, 0.25) is 0 Å². The van der Waals surface area contributed by atoms with Crippen molar-refractivity contribution in [1.82, 2.24) is 5.32 Å². The minimum atomic E-state index is -0.265. The van der Waals surface area contributed by atoms with Gasteiger partial charge in [0.15, 0.2) is 0 Å². The Kier molecular flexibility index (Phi) is 3.96. The fourth-order valence-corrected chi connectivity index (χ4v) is 3.78. The summed E-state index contributed by atoms with van der Waals surface area (Å²) in [6.07, 6.45) is 9.83. The van der Waals surface area contributed by atoms with Crippen molar-refractivity contribution in [3.05, 3.63) is 70.5 Å². The number of benzene rings is 1. The van der Waals surface area contributed by atoms with Gasteiger partial charge in [0, 0.05) is 22.8 Å². The Morgan fingerprint density at radius 1 is 1.24 bits per heavy atom. The van der Waals surface area contributed by atoms with Crippen molar-refractivity contribution in [1.29, 1.82) is 0 Å². The number of carbonyl (C=O) groups excluding carboxylic acids is 2. The summed E-state index contributed by atoms with van der Waals surface area (Å²) in [6.45, 7) is 1.95. The molecule has 126 valence electrons. The molecular formula is C21H20N2O2. The van der Waals surface area contributed by atoms with Gasteiger partial charge in [0.25, 0.3) is 11.8 Å². The minimum Gasteiger partial charge on any atom is -0.325 e. The van der Waals surface area contributed by atoms with Gasteiger partial charge in [-0.05, 0) is 62.5 Å². The van der Waals surface area contributed by atoms with Gasteiger partial charge in [-0.2, -0.15) is 0 Å². The Morgan fingerprint density at radius 2 is 2.08 bits per heavy atom. The third-order valence-corrected chi connectivity index (χ3v) is 5.01. The number of hydrogen-bond acceptors (Lipinski definition) is 2. The van der Waals surface area contributed by atoms with Crippen molar-refractivity contribution in [3.8, 4) is 0 Å². The molecule has 1 aromatic carbocycles. The Labute approximate surface area is 147 Å². The fraction of sp³-hybridized carbons (Fsp3) is 0.286. The summed E-state index contributed by atoms with van der Waals surface area (Å²) < 4.78 is 0. The predicted molar refractivity (Wildman–Crippen MR) is 97.3 cm³/mol. The van der Waals surface area contributed by atoms with E-state index in [1.54, 1.807) is 6.07 Å². The number of nitrogens with zero attached hydrogens (tertiary/aromatic N) is 1. The maximum Gasteiger partial charge on any atom is 0.277 e. The van der Waals surface area contributed by atoms with Gasteiger partial charge in [0.05, 0.1) is 5.71 Å². The lowest BCUT2D eigenvalue weighted by molar-refractivity contribution is -0.117. The van der Waals surface area contributed by atoms with E-state index >= 15 is 0 Å². The Balaban J connectivity index is 1.63. The molecule has 1 atom stereocenters. The van der Waals surface area contributed by atoms with Crippen LogP contribution in [-0.2, 0) is 4.79 Å². The first-order valence-corrected chi connectivity index (χ1v) is 8.74. The van der Waals surface area contributed by atoms with Crippen LogP contribution in [0.25, 0.3) is 0 Å². The Bertz CT molecular complexity index is 887. The summed E-state index contributed by atoms with van der Waals surface area (Å²) in [7, 11) is 0. The highest BCUT2D eigenvalue weighted by Gasteiger charge is 2.33. The van der Waals surface area contributed by atoms with Crippen molar-refractivity contribution in [3.63, 3.8) is 0 Å². The SMILES string of the molecule is Cc1cccc(C(=O)N=C2C=CC3C(=C2)NC(=O)C2=C3CCCC2)c1. The second kappa shape index (κ2) is 6.28. The van der Waals surface area contributed by atoms with E-state index in [2.05, 4.69) is 16.4 Å². The molecule has 0 saturated heterocycles. The molecule has 2 aliphatic carbocycles. The number of carbonyl (C=O) groups is 2. The standard InChI is InChI=1S/C21H20N2O2/c1-13-5-4-6-14(11-13)20(24)22-15-9-10-17-16-7-2-3-8-18(16)21(25)23-19(17)12-15/h4-6,9-12,17H,2-3,7-8H2,1H3,(H,23,25). The molecule has 0 aromatic heterocycles. The Morgan fingerprint density at radius 3 is 2.92 bits per heavy atom. The summed E-state index contributed by atoms with van der Waals surface area (Å²) >= 11 is 0. The lowest BCUT2D eigenvalue weighted by Gasteiger charge is -2.33. The first-order valence-electron chi connectivity index (χ1n) is 8.74. The van der Waals surface area contributed by atoms with Crippen LogP contribution in [0.3, 0.4) is 0 Å². The first kappa shape index (κ1) is 15.8. The van der Waals surface area contributed by atoms with E-state index in [0.29, 0.717) is 11.3 Å². The number of hydrogen-bond donors (Lipinski definition) is 1. The molecule has 0 spiro atoms. The van der Waals surface area contributed by atoms with Gasteiger partial charge in [-0.1, -0.05) is 23.8 Å². The summed E-state index contributed by atoms with van der Waals surface area (Å²) in [6, 6.07) is 7.40. The lowest BCUT2D eigenvalue weighted by Crippen LogP contribution is -2.37. The van der Waals surface area contributed by atoms with E-state index in [1.165, 1.54) is 5.57 Å². The molecule has 4 rings (SSSR count). The number of rotatable bonds is 1. The Hall–Kier alpha value is -2.75. The van der Waals surface area contributed by atoms with Crippen LogP contribution in [0, 0.1) is 12.8 Å². The molecule has 0 saturated carbocycles. The maximum atomic E-state index is 12.4. The van der Waals surface area contributed by atoms with Crippen molar-refractivity contribution in [2.45, 2.75) is 32.6 Å². The summed E-state index contributed by atoms with van der Waals surface area (Å²) in [5, 5.41) is 2.99. The molecule has 25 heavy (non-hydrogen) atoms. The van der Waals surface area contributed by atoms with Gasteiger partial charge < -0.3 is 5.32 Å². The number of amides is 2. The zero-order valence-electron chi connectivity index (χ0n) is 14.2. The van der Waals surface area contributed by atoms with Gasteiger partial charge in [-0.3, -0.25) is 9.59 Å². The number of nitrogens with one attached hydrogen (secondary N) is 1. The van der Waals surface area contributed by atoms with E-state index < -0.39 is 0 Å². The van der Waals surface area contributed by atoms with Gasteiger partial charge in [-0.25, -0.2) is 4.99 Å². The third kappa shape index (κ3) is 3.00. The van der Waals surface area contributed by atoms with Crippen LogP contribution in [0.4, 0.5) is 0 Å². The predicted octanol–water partition coefficient (Wildman–Crippen LogP) is 3.65. The van der Waals surface area contributed by atoms with Crippen LogP contribution < -0.4 is 5.32 Å². The van der Waals surface area contributed by atoms with Crippen molar-refractivity contribution >= 4 is 17.5 Å². The molecule has 1 aliphatic heterocycles. The number of fused-ring (bicyclic) bond motifs is 2. The van der Waals surface area contributed by atoms with Gasteiger partial charge >= 0.3 is 0 Å². The maximum absolute atomic E-state index is 12.4. The summed E-state index contributed by atoms with van der Waals surface area (Å²) in [4.78, 5) is 28.9. The van der Waals surface area contributed by atoms with Gasteiger partial charge in [0.1, 0.15) is 0 Å². The average Bonchev–Trinajstić information content (AvgIpc) is 2.62. The van der Waals surface area contributed by atoms with Crippen LogP contribution in [0.15, 0.2) is 64.3 Å². The second-order valence-corrected chi connectivity index (χ2v) is 6.81. The highest BCUT2D eigenvalue weighted by atomic mass is 16.2. The topological polar surface area (TPSA) is 58.5 Å². The van der Waals surface area contributed by atoms with E-state index in [9.17, 15) is 9.59 Å². The molecule has 1 aromatic rings. The molecule has 1 heterocycles. The van der Waals surface area contributed by atoms with Crippen LogP contribution in [-0.4, -0.2) is 17.5 Å². The molecule has 4 heteroatoms. The number of aryl methyl sites for hydroxylation is 1. The van der Waals surface area contributed by atoms with Crippen molar-refractivity contribution in [2.24, 2.45) is 10.9 Å². The second-order valence-electron chi connectivity index (χ2n) is 6.81. The van der Waals surface area contributed by atoms with Crippen LogP contribution in [0.2, 0.25) is 0 Å². The van der Waals surface area contributed by atoms with E-state index in [0.717, 1.165) is 42.5 Å². The third-order valence-electron chi connectivity index (χ3n) is 5.01. The molecule has 1 unspecified atom stereocenters. The highest BCUT2D eigenvalue weighted by Crippen LogP contribution is 2.38. The van der Waals surface area contributed by atoms with E-state index in [1.807, 2.05) is 37.3 Å². The van der Waals surface area contributed by atoms with Gasteiger partial charge in [-0.15, -0.1) is 0 Å². The quantitative estimate of drug-likeness (QED) is 0.853. The summed E-state index contributed by atoms with van der Waals surface area (Å²) in [5.41, 5.74) is 5.21. The lowest BCUT2D eigenvalue weighted by atomic mass is 9.77. The zero-order valence-corrected chi connectivity index (χ0v) is 14.2.